The van der Waals surface area contributed by atoms with Crippen LogP contribution in [0.1, 0.15) is 10.4 Å². The third-order valence-electron chi connectivity index (χ3n) is 1.65. The highest BCUT2D eigenvalue weighted by Crippen LogP contribution is 2.13. The fourth-order valence-electron chi connectivity index (χ4n) is 0.943. The molecule has 0 spiro atoms. The standard InChI is InChI=1S/C9H9F3N2O2/c10-9(11,12)5-13-14-7-3-1-6(2-4-7)8(15)16/h1-4,13-14H,5H2,(H,15,16). The summed E-state index contributed by atoms with van der Waals surface area (Å²) in [5.74, 6) is -1.09. The Balaban J connectivity index is 2.47. The number of anilines is 1. The van der Waals surface area contributed by atoms with Gasteiger partial charge in [-0.25, -0.2) is 10.2 Å². The van der Waals surface area contributed by atoms with Gasteiger partial charge in [-0.05, 0) is 24.3 Å². The molecular weight excluding hydrogens is 225 g/mol. The smallest absolute Gasteiger partial charge is 0.402 e. The lowest BCUT2D eigenvalue weighted by atomic mass is 10.2. The van der Waals surface area contributed by atoms with Crippen molar-refractivity contribution in [2.24, 2.45) is 0 Å². The number of hydrogen-bond acceptors (Lipinski definition) is 3. The summed E-state index contributed by atoms with van der Waals surface area (Å²) in [5.41, 5.74) is 4.70. The van der Waals surface area contributed by atoms with E-state index >= 15 is 0 Å². The molecule has 1 aromatic rings. The second kappa shape index (κ2) is 4.84. The van der Waals surface area contributed by atoms with E-state index in [0.717, 1.165) is 0 Å². The van der Waals surface area contributed by atoms with Crippen molar-refractivity contribution in [3.05, 3.63) is 29.8 Å². The summed E-state index contributed by atoms with van der Waals surface area (Å²) < 4.78 is 35.2. The maximum Gasteiger partial charge on any atom is 0.402 e. The average Bonchev–Trinajstić information content (AvgIpc) is 2.16. The van der Waals surface area contributed by atoms with Crippen molar-refractivity contribution in [3.63, 3.8) is 0 Å². The first-order valence-electron chi connectivity index (χ1n) is 4.27. The predicted octanol–water partition coefficient (Wildman–Crippen LogP) is 1.86. The van der Waals surface area contributed by atoms with E-state index in [2.05, 4.69) is 5.43 Å². The maximum atomic E-state index is 11.7. The van der Waals surface area contributed by atoms with Gasteiger partial charge < -0.3 is 10.5 Å². The van der Waals surface area contributed by atoms with Crippen LogP contribution in [0.5, 0.6) is 0 Å². The molecular formula is C9H9F3N2O2. The summed E-state index contributed by atoms with van der Waals surface area (Å²) >= 11 is 0. The van der Waals surface area contributed by atoms with Crippen LogP contribution in [0.2, 0.25) is 0 Å². The van der Waals surface area contributed by atoms with Gasteiger partial charge in [0, 0.05) is 5.69 Å². The number of aromatic carboxylic acids is 1. The van der Waals surface area contributed by atoms with Crippen LogP contribution in [0, 0.1) is 0 Å². The molecule has 16 heavy (non-hydrogen) atoms. The summed E-state index contributed by atoms with van der Waals surface area (Å²) in [4.78, 5) is 10.5. The Morgan fingerprint density at radius 2 is 1.81 bits per heavy atom. The fraction of sp³-hybridized carbons (Fsp3) is 0.222. The topological polar surface area (TPSA) is 61.4 Å². The highest BCUT2D eigenvalue weighted by atomic mass is 19.4. The molecule has 4 nitrogen and oxygen atoms in total. The van der Waals surface area contributed by atoms with Crippen molar-refractivity contribution in [1.29, 1.82) is 0 Å². The number of carbonyl (C=O) groups is 1. The molecule has 7 heteroatoms. The van der Waals surface area contributed by atoms with Crippen molar-refractivity contribution in [3.8, 4) is 0 Å². The Hall–Kier alpha value is -1.76. The van der Waals surface area contributed by atoms with Gasteiger partial charge in [0.05, 0.1) is 5.56 Å². The van der Waals surface area contributed by atoms with E-state index in [1.54, 1.807) is 0 Å². The Morgan fingerprint density at radius 1 is 1.25 bits per heavy atom. The summed E-state index contributed by atoms with van der Waals surface area (Å²) in [7, 11) is 0. The molecule has 88 valence electrons. The molecule has 1 rings (SSSR count). The van der Waals surface area contributed by atoms with Crippen LogP contribution < -0.4 is 10.9 Å². The van der Waals surface area contributed by atoms with Gasteiger partial charge in [-0.15, -0.1) is 0 Å². The average molecular weight is 234 g/mol. The zero-order valence-corrected chi connectivity index (χ0v) is 8.01. The summed E-state index contributed by atoms with van der Waals surface area (Å²) in [6, 6.07) is 5.32. The molecule has 0 radical (unpaired) electrons. The van der Waals surface area contributed by atoms with Gasteiger partial charge in [-0.3, -0.25) is 0 Å². The van der Waals surface area contributed by atoms with Gasteiger partial charge >= 0.3 is 12.1 Å². The highest BCUT2D eigenvalue weighted by Gasteiger charge is 2.26. The first kappa shape index (κ1) is 12.3. The zero-order chi connectivity index (χ0) is 12.2. The first-order valence-corrected chi connectivity index (χ1v) is 4.27. The number of benzene rings is 1. The highest BCUT2D eigenvalue weighted by molar-refractivity contribution is 5.87. The van der Waals surface area contributed by atoms with E-state index in [9.17, 15) is 18.0 Å². The van der Waals surface area contributed by atoms with Crippen LogP contribution in [0.15, 0.2) is 24.3 Å². The number of halogens is 3. The molecule has 0 aliphatic carbocycles. The Bertz CT molecular complexity index is 362. The van der Waals surface area contributed by atoms with Gasteiger partial charge in [0.25, 0.3) is 0 Å². The van der Waals surface area contributed by atoms with E-state index in [0.29, 0.717) is 5.69 Å². The lowest BCUT2D eigenvalue weighted by Crippen LogP contribution is -2.32. The summed E-state index contributed by atoms with van der Waals surface area (Å²) in [6.45, 7) is -1.17. The molecule has 0 bridgehead atoms. The van der Waals surface area contributed by atoms with Crippen LogP contribution in [0.25, 0.3) is 0 Å². The number of nitrogens with one attached hydrogen (secondary N) is 2. The molecule has 0 saturated carbocycles. The minimum atomic E-state index is -4.30. The molecule has 0 aliphatic rings. The lowest BCUT2D eigenvalue weighted by Gasteiger charge is -2.10. The first-order chi connectivity index (χ1) is 7.38. The molecule has 0 aliphatic heterocycles. The molecule has 0 aromatic heterocycles. The van der Waals surface area contributed by atoms with E-state index < -0.39 is 18.7 Å². The summed E-state index contributed by atoms with van der Waals surface area (Å²) in [6.07, 6.45) is -4.30. The Morgan fingerprint density at radius 3 is 2.25 bits per heavy atom. The summed E-state index contributed by atoms with van der Waals surface area (Å²) in [5, 5.41) is 8.57. The van der Waals surface area contributed by atoms with Gasteiger partial charge in [0.2, 0.25) is 0 Å². The largest absolute Gasteiger partial charge is 0.478 e. The van der Waals surface area contributed by atoms with E-state index in [1.807, 2.05) is 5.43 Å². The molecule has 1 aromatic carbocycles. The molecule has 0 amide bonds. The second-order valence-electron chi connectivity index (χ2n) is 2.98. The van der Waals surface area contributed by atoms with Crippen molar-refractivity contribution in [2.45, 2.75) is 6.18 Å². The number of rotatable bonds is 4. The predicted molar refractivity (Wildman–Crippen MR) is 51.1 cm³/mol. The minimum absolute atomic E-state index is 0.0707. The zero-order valence-electron chi connectivity index (χ0n) is 8.01. The number of carboxylic acids is 1. The van der Waals surface area contributed by atoms with Crippen LogP contribution >= 0.6 is 0 Å². The normalized spacial score (nSPS) is 11.2. The van der Waals surface area contributed by atoms with E-state index in [4.69, 9.17) is 5.11 Å². The van der Waals surface area contributed by atoms with Gasteiger partial charge in [0.1, 0.15) is 6.54 Å². The van der Waals surface area contributed by atoms with E-state index in [-0.39, 0.29) is 5.56 Å². The monoisotopic (exact) mass is 234 g/mol. The SMILES string of the molecule is O=C(O)c1ccc(NNCC(F)(F)F)cc1. The number of hydrazine groups is 1. The maximum absolute atomic E-state index is 11.7. The third-order valence-corrected chi connectivity index (χ3v) is 1.65. The molecule has 0 unspecified atom stereocenters. The van der Waals surface area contributed by atoms with Crippen LogP contribution in [0.4, 0.5) is 18.9 Å². The quantitative estimate of drug-likeness (QED) is 0.696. The Kier molecular flexibility index (Phi) is 3.73. The van der Waals surface area contributed by atoms with E-state index in [1.165, 1.54) is 24.3 Å². The molecule has 0 heterocycles. The molecule has 0 fully saturated rings. The second-order valence-corrected chi connectivity index (χ2v) is 2.98. The molecule has 3 N–H and O–H groups in total. The van der Waals surface area contributed by atoms with Crippen LogP contribution in [0.3, 0.4) is 0 Å². The number of alkyl halides is 3. The number of hydrogen-bond donors (Lipinski definition) is 3. The van der Waals surface area contributed by atoms with Gasteiger partial charge in [0.15, 0.2) is 0 Å². The Labute approximate surface area is 89.0 Å². The van der Waals surface area contributed by atoms with Crippen LogP contribution in [-0.2, 0) is 0 Å². The number of carboxylic acid groups (broad SMARTS) is 1. The van der Waals surface area contributed by atoms with Crippen LogP contribution in [-0.4, -0.2) is 23.8 Å². The van der Waals surface area contributed by atoms with Gasteiger partial charge in [-0.1, -0.05) is 0 Å². The van der Waals surface area contributed by atoms with Crippen molar-refractivity contribution < 1.29 is 23.1 Å². The third kappa shape index (κ3) is 4.18. The molecule has 0 saturated heterocycles. The lowest BCUT2D eigenvalue weighted by molar-refractivity contribution is -0.123. The molecule has 0 atom stereocenters. The van der Waals surface area contributed by atoms with Gasteiger partial charge in [-0.2, -0.15) is 13.2 Å². The fourth-order valence-corrected chi connectivity index (χ4v) is 0.943. The van der Waals surface area contributed by atoms with Crippen molar-refractivity contribution >= 4 is 11.7 Å². The van der Waals surface area contributed by atoms with Crippen molar-refractivity contribution in [1.82, 2.24) is 5.43 Å². The van der Waals surface area contributed by atoms with Crippen molar-refractivity contribution in [2.75, 3.05) is 12.0 Å². The minimum Gasteiger partial charge on any atom is -0.478 e.